The number of halogens is 1. The van der Waals surface area contributed by atoms with Crippen LogP contribution in [-0.4, -0.2) is 33.2 Å². The van der Waals surface area contributed by atoms with Crippen molar-refractivity contribution in [3.8, 4) is 11.5 Å². The molecule has 0 aliphatic carbocycles. The smallest absolute Gasteiger partial charge is 0.263 e. The Hall–Kier alpha value is -2.97. The highest BCUT2D eigenvalue weighted by Gasteiger charge is 2.23. The van der Waals surface area contributed by atoms with Gasteiger partial charge in [-0.05, 0) is 49.2 Å². The molecule has 7 nitrogen and oxygen atoms in total. The van der Waals surface area contributed by atoms with Crippen molar-refractivity contribution in [2.24, 2.45) is 0 Å². The van der Waals surface area contributed by atoms with Gasteiger partial charge in [-0.1, -0.05) is 35.9 Å². The van der Waals surface area contributed by atoms with Crippen LogP contribution in [0.5, 0.6) is 11.5 Å². The van der Waals surface area contributed by atoms with Gasteiger partial charge in [0.2, 0.25) is 0 Å². The highest BCUT2D eigenvalue weighted by Crippen LogP contribution is 2.33. The predicted octanol–water partition coefficient (Wildman–Crippen LogP) is 4.27. The number of rotatable bonds is 8. The molecule has 1 aliphatic heterocycles. The normalized spacial score (nSPS) is 12.7. The summed E-state index contributed by atoms with van der Waals surface area (Å²) in [5.41, 5.74) is 1.44. The largest absolute Gasteiger partial charge is 0.490 e. The summed E-state index contributed by atoms with van der Waals surface area (Å²) in [6.45, 7) is 2.93. The summed E-state index contributed by atoms with van der Waals surface area (Å²) in [7, 11) is -3.92. The molecule has 1 aliphatic rings. The van der Waals surface area contributed by atoms with E-state index in [9.17, 15) is 8.42 Å². The Morgan fingerprint density at radius 2 is 1.87 bits per heavy atom. The number of sulfonamides is 1. The zero-order chi connectivity index (χ0) is 21.8. The number of ether oxygens (including phenoxy) is 2. The van der Waals surface area contributed by atoms with Crippen molar-refractivity contribution in [3.63, 3.8) is 0 Å². The van der Waals surface area contributed by atoms with Crippen LogP contribution in [0.15, 0.2) is 59.5 Å². The first kappa shape index (κ1) is 21.3. The van der Waals surface area contributed by atoms with Crippen molar-refractivity contribution in [1.29, 1.82) is 0 Å². The highest BCUT2D eigenvalue weighted by molar-refractivity contribution is 7.92. The highest BCUT2D eigenvalue weighted by atomic mass is 35.5. The summed E-state index contributed by atoms with van der Waals surface area (Å²) >= 11 is 6.11. The van der Waals surface area contributed by atoms with E-state index >= 15 is 0 Å². The molecule has 2 heterocycles. The first-order chi connectivity index (χ1) is 14.9. The quantitative estimate of drug-likeness (QED) is 0.489. The van der Waals surface area contributed by atoms with Crippen molar-refractivity contribution < 1.29 is 17.9 Å². The topological polar surface area (TPSA) is 89.6 Å². The van der Waals surface area contributed by atoms with Gasteiger partial charge in [-0.15, -0.1) is 0 Å². The lowest BCUT2D eigenvalue weighted by molar-refractivity contribution is 0.217. The van der Waals surface area contributed by atoms with Crippen LogP contribution in [0.25, 0.3) is 0 Å². The number of nitrogens with one attached hydrogen (secondary N) is 2. The van der Waals surface area contributed by atoms with Gasteiger partial charge in [0.15, 0.2) is 11.6 Å². The summed E-state index contributed by atoms with van der Waals surface area (Å²) in [5, 5.41) is 3.53. The van der Waals surface area contributed by atoms with Crippen LogP contribution in [0, 0.1) is 6.92 Å². The minimum atomic E-state index is -3.92. The summed E-state index contributed by atoms with van der Waals surface area (Å²) in [4.78, 5) is 4.54. The summed E-state index contributed by atoms with van der Waals surface area (Å²) in [6.07, 6.45) is 0.791. The molecule has 0 spiro atoms. The van der Waals surface area contributed by atoms with Crippen LogP contribution in [0.1, 0.15) is 11.1 Å². The SMILES string of the molecule is Cc1c(Cl)cccc1S(=O)(=O)Nc1nc2c(cc1OCCOc1ccccc1)CCN2. The van der Waals surface area contributed by atoms with Crippen LogP contribution < -0.4 is 19.5 Å². The third-order valence-electron chi connectivity index (χ3n) is 4.84. The van der Waals surface area contributed by atoms with E-state index in [4.69, 9.17) is 21.1 Å². The molecule has 0 saturated heterocycles. The molecular weight excluding hydrogens is 438 g/mol. The summed E-state index contributed by atoms with van der Waals surface area (Å²) in [5.74, 6) is 1.85. The van der Waals surface area contributed by atoms with Crippen molar-refractivity contribution in [3.05, 3.63) is 70.7 Å². The molecule has 31 heavy (non-hydrogen) atoms. The van der Waals surface area contributed by atoms with E-state index < -0.39 is 10.0 Å². The molecule has 0 atom stereocenters. The van der Waals surface area contributed by atoms with Crippen molar-refractivity contribution in [2.45, 2.75) is 18.2 Å². The number of aromatic nitrogens is 1. The van der Waals surface area contributed by atoms with E-state index in [1.54, 1.807) is 19.1 Å². The molecule has 0 bridgehead atoms. The Morgan fingerprint density at radius 3 is 2.68 bits per heavy atom. The zero-order valence-corrected chi connectivity index (χ0v) is 18.5. The Morgan fingerprint density at radius 1 is 1.10 bits per heavy atom. The van der Waals surface area contributed by atoms with Gasteiger partial charge in [0.1, 0.15) is 24.8 Å². The lowest BCUT2D eigenvalue weighted by atomic mass is 10.2. The Balaban J connectivity index is 1.54. The molecule has 0 fully saturated rings. The fourth-order valence-corrected chi connectivity index (χ4v) is 4.78. The predicted molar refractivity (Wildman–Crippen MR) is 121 cm³/mol. The molecule has 2 N–H and O–H groups in total. The first-order valence-corrected chi connectivity index (χ1v) is 11.7. The maximum absolute atomic E-state index is 13.0. The molecule has 4 rings (SSSR count). The van der Waals surface area contributed by atoms with Gasteiger partial charge in [-0.2, -0.15) is 0 Å². The second kappa shape index (κ2) is 9.03. The number of hydrogen-bond donors (Lipinski definition) is 2. The lowest BCUT2D eigenvalue weighted by Gasteiger charge is -2.16. The number of hydrogen-bond acceptors (Lipinski definition) is 6. The van der Waals surface area contributed by atoms with Crippen molar-refractivity contribution in [1.82, 2.24) is 4.98 Å². The van der Waals surface area contributed by atoms with Gasteiger partial charge < -0.3 is 14.8 Å². The molecule has 2 aromatic carbocycles. The number of benzene rings is 2. The van der Waals surface area contributed by atoms with Crippen LogP contribution >= 0.6 is 11.6 Å². The minimum absolute atomic E-state index is 0.0913. The van der Waals surface area contributed by atoms with E-state index in [-0.39, 0.29) is 17.3 Å². The molecular formula is C22H22ClN3O4S. The zero-order valence-electron chi connectivity index (χ0n) is 16.9. The second-order valence-corrected chi connectivity index (χ2v) is 9.06. The fourth-order valence-electron chi connectivity index (χ4n) is 3.26. The monoisotopic (exact) mass is 459 g/mol. The second-order valence-electron chi connectivity index (χ2n) is 7.00. The molecule has 0 unspecified atom stereocenters. The van der Waals surface area contributed by atoms with Crippen molar-refractivity contribution >= 4 is 33.3 Å². The van der Waals surface area contributed by atoms with E-state index in [2.05, 4.69) is 15.0 Å². The van der Waals surface area contributed by atoms with Gasteiger partial charge in [-0.25, -0.2) is 13.4 Å². The molecule has 0 saturated carbocycles. The number of nitrogens with zero attached hydrogens (tertiary/aromatic N) is 1. The average molecular weight is 460 g/mol. The molecule has 3 aromatic rings. The Labute approximate surface area is 186 Å². The van der Waals surface area contributed by atoms with Crippen molar-refractivity contribution in [2.75, 3.05) is 29.8 Å². The van der Waals surface area contributed by atoms with E-state index in [0.29, 0.717) is 28.8 Å². The molecule has 1 aromatic heterocycles. The van der Waals surface area contributed by atoms with Gasteiger partial charge in [0.05, 0.1) is 4.90 Å². The van der Waals surface area contributed by atoms with Gasteiger partial charge in [0, 0.05) is 17.1 Å². The average Bonchev–Trinajstić information content (AvgIpc) is 3.20. The number of anilines is 2. The molecule has 0 amide bonds. The molecule has 0 radical (unpaired) electrons. The van der Waals surface area contributed by atoms with E-state index in [1.807, 2.05) is 36.4 Å². The third kappa shape index (κ3) is 4.86. The number of fused-ring (bicyclic) bond motifs is 1. The Kier molecular flexibility index (Phi) is 6.20. The third-order valence-corrected chi connectivity index (χ3v) is 6.74. The van der Waals surface area contributed by atoms with Crippen LogP contribution in [-0.2, 0) is 16.4 Å². The fraction of sp³-hybridized carbons (Fsp3) is 0.227. The standard InChI is InChI=1S/C22H22ClN3O4S/c1-15-18(23)8-5-9-20(15)31(27,28)26-22-19(14-16-10-11-24-21(16)25-22)30-13-12-29-17-6-3-2-4-7-17/h2-9,14H,10-13H2,1H3,(H2,24,25,26). The maximum atomic E-state index is 13.0. The van der Waals surface area contributed by atoms with E-state index in [1.165, 1.54) is 6.07 Å². The molecule has 162 valence electrons. The number of pyridine rings is 1. The minimum Gasteiger partial charge on any atom is -0.490 e. The first-order valence-electron chi connectivity index (χ1n) is 9.80. The van der Waals surface area contributed by atoms with Gasteiger partial charge in [0.25, 0.3) is 10.0 Å². The molecule has 9 heteroatoms. The van der Waals surface area contributed by atoms with Crippen LogP contribution in [0.3, 0.4) is 0 Å². The van der Waals surface area contributed by atoms with Crippen LogP contribution in [0.2, 0.25) is 5.02 Å². The van der Waals surface area contributed by atoms with E-state index in [0.717, 1.165) is 24.3 Å². The summed E-state index contributed by atoms with van der Waals surface area (Å²) in [6, 6.07) is 16.0. The lowest BCUT2D eigenvalue weighted by Crippen LogP contribution is -2.17. The van der Waals surface area contributed by atoms with Gasteiger partial charge in [-0.3, -0.25) is 4.72 Å². The maximum Gasteiger partial charge on any atom is 0.263 e. The Bertz CT molecular complexity index is 1190. The number of para-hydroxylation sites is 1. The van der Waals surface area contributed by atoms with Gasteiger partial charge >= 0.3 is 0 Å². The summed E-state index contributed by atoms with van der Waals surface area (Å²) < 4.78 is 40.1. The van der Waals surface area contributed by atoms with Crippen LogP contribution in [0.4, 0.5) is 11.6 Å².